The van der Waals surface area contributed by atoms with Crippen molar-refractivity contribution >= 4 is 51.7 Å². The van der Waals surface area contributed by atoms with E-state index in [1.165, 1.54) is 23.9 Å². The normalized spacial score (nSPS) is 18.5. The van der Waals surface area contributed by atoms with Crippen LogP contribution in [0.5, 0.6) is 11.5 Å². The lowest BCUT2D eigenvalue weighted by molar-refractivity contribution is -0.116. The number of carbonyl (C=O) groups is 2. The third-order valence-electron chi connectivity index (χ3n) is 2.54. The molecule has 1 aromatic carbocycles. The molecule has 8 nitrogen and oxygen atoms in total. The number of hydrogen-bond donors (Lipinski definition) is 5. The highest BCUT2D eigenvalue weighted by Crippen LogP contribution is 2.29. The van der Waals surface area contributed by atoms with Crippen molar-refractivity contribution in [1.82, 2.24) is 5.32 Å². The Morgan fingerprint density at radius 3 is 2.48 bits per heavy atom. The first-order valence-corrected chi connectivity index (χ1v) is 7.96. The minimum Gasteiger partial charge on any atom is -0.504 e. The molecule has 23 heavy (non-hydrogen) atoms. The molecule has 0 unspecified atom stereocenters. The number of rotatable bonds is 1. The van der Waals surface area contributed by atoms with E-state index in [0.717, 1.165) is 11.8 Å². The van der Waals surface area contributed by atoms with Crippen molar-refractivity contribution in [2.45, 2.75) is 0 Å². The van der Waals surface area contributed by atoms with E-state index in [9.17, 15) is 14.7 Å². The van der Waals surface area contributed by atoms with Gasteiger partial charge in [0.05, 0.1) is 10.7 Å². The second-order valence-corrected chi connectivity index (χ2v) is 6.32. The molecule has 0 bridgehead atoms. The van der Waals surface area contributed by atoms with Crippen LogP contribution in [0.25, 0.3) is 6.08 Å². The summed E-state index contributed by atoms with van der Waals surface area (Å²) in [5, 5.41) is 28.4. The second kappa shape index (κ2) is 7.20. The van der Waals surface area contributed by atoms with E-state index in [0.29, 0.717) is 21.4 Å². The maximum atomic E-state index is 11.3. The van der Waals surface area contributed by atoms with Crippen LogP contribution in [0.2, 0.25) is 0 Å². The molecule has 10 heteroatoms. The van der Waals surface area contributed by atoms with Gasteiger partial charge in [0.1, 0.15) is 0 Å². The van der Waals surface area contributed by atoms with Crippen molar-refractivity contribution in [2.24, 2.45) is 10.7 Å². The molecule has 1 fully saturated rings. The lowest BCUT2D eigenvalue weighted by atomic mass is 10.2. The van der Waals surface area contributed by atoms with E-state index in [-0.39, 0.29) is 28.5 Å². The Balaban J connectivity index is 0.000000229. The number of phenols is 2. The number of nitrogens with one attached hydrogen (secondary N) is 2. The summed E-state index contributed by atoms with van der Waals surface area (Å²) in [7, 11) is 0. The number of thioether (sulfide) groups is 2. The predicted octanol–water partition coefficient (Wildman–Crippen LogP) is 0.811. The quantitative estimate of drug-likeness (QED) is 0.371. The number of hydrogen-bond acceptors (Lipinski definition) is 8. The SMILES string of the molecule is N=C1NC(=O)C(=Cc2ccc(O)c(O)c2)S1.NC1=NC(=O)CS1. The van der Waals surface area contributed by atoms with Crippen LogP contribution in [0.1, 0.15) is 5.56 Å². The molecular weight excluding hydrogens is 340 g/mol. The third-order valence-corrected chi connectivity index (χ3v) is 4.15. The van der Waals surface area contributed by atoms with Crippen LogP contribution in [-0.2, 0) is 9.59 Å². The van der Waals surface area contributed by atoms with Gasteiger partial charge in [0.2, 0.25) is 0 Å². The number of amidine groups is 2. The molecule has 120 valence electrons. The summed E-state index contributed by atoms with van der Waals surface area (Å²) in [4.78, 5) is 25.2. The zero-order chi connectivity index (χ0) is 17.0. The van der Waals surface area contributed by atoms with Crippen LogP contribution >= 0.6 is 23.5 Å². The summed E-state index contributed by atoms with van der Waals surface area (Å²) in [6.07, 6.45) is 1.54. The standard InChI is InChI=1S/C10H8N2O3S.C3H4N2OS/c11-10-12-9(15)8(16-10)4-5-1-2-6(13)7(14)3-5;4-3-5-2(6)1-7-3/h1-4,13-14H,(H2,11,12,15);1H2,(H2,4,5,6). The minimum absolute atomic E-state index is 0.0826. The van der Waals surface area contributed by atoms with Crippen LogP contribution < -0.4 is 11.1 Å². The van der Waals surface area contributed by atoms with Gasteiger partial charge in [0.25, 0.3) is 11.8 Å². The molecule has 3 rings (SSSR count). The molecule has 2 aliphatic rings. The van der Waals surface area contributed by atoms with Crippen LogP contribution in [0, 0.1) is 5.41 Å². The molecule has 1 saturated heterocycles. The van der Waals surface area contributed by atoms with E-state index in [2.05, 4.69) is 10.3 Å². The summed E-state index contributed by atoms with van der Waals surface area (Å²) in [6, 6.07) is 4.25. The fraction of sp³-hybridized carbons (Fsp3) is 0.0769. The second-order valence-electron chi connectivity index (χ2n) is 4.27. The number of benzene rings is 1. The number of nitrogens with zero attached hydrogens (tertiary/aromatic N) is 1. The summed E-state index contributed by atoms with van der Waals surface area (Å²) in [5.74, 6) is -0.484. The molecule has 0 spiro atoms. The first-order valence-electron chi connectivity index (χ1n) is 6.16. The van der Waals surface area contributed by atoms with E-state index < -0.39 is 0 Å². The van der Waals surface area contributed by atoms with Gasteiger partial charge in [-0.3, -0.25) is 15.0 Å². The van der Waals surface area contributed by atoms with Crippen LogP contribution in [-0.4, -0.2) is 38.1 Å². The van der Waals surface area contributed by atoms with Gasteiger partial charge in [-0.05, 0) is 35.5 Å². The molecule has 0 aromatic heterocycles. The Hall–Kier alpha value is -2.46. The fourth-order valence-corrected chi connectivity index (χ4v) is 2.75. The predicted molar refractivity (Wildman–Crippen MR) is 90.3 cm³/mol. The largest absolute Gasteiger partial charge is 0.504 e. The average molecular weight is 352 g/mol. The molecule has 6 N–H and O–H groups in total. The van der Waals surface area contributed by atoms with Gasteiger partial charge < -0.3 is 21.3 Å². The molecule has 1 aromatic rings. The molecule has 0 radical (unpaired) electrons. The van der Waals surface area contributed by atoms with E-state index >= 15 is 0 Å². The van der Waals surface area contributed by atoms with E-state index in [1.807, 2.05) is 0 Å². The van der Waals surface area contributed by atoms with Gasteiger partial charge in [0.15, 0.2) is 21.8 Å². The maximum Gasteiger partial charge on any atom is 0.264 e. The van der Waals surface area contributed by atoms with Crippen molar-refractivity contribution in [3.05, 3.63) is 28.7 Å². The molecule has 2 aliphatic heterocycles. The number of aromatic hydroxyl groups is 2. The Labute approximate surface area is 139 Å². The Morgan fingerprint density at radius 2 is 2.04 bits per heavy atom. The van der Waals surface area contributed by atoms with E-state index in [4.69, 9.17) is 16.2 Å². The van der Waals surface area contributed by atoms with Gasteiger partial charge in [0, 0.05) is 0 Å². The minimum atomic E-state index is -0.331. The van der Waals surface area contributed by atoms with Gasteiger partial charge >= 0.3 is 0 Å². The molecular formula is C13H12N4O4S2. The van der Waals surface area contributed by atoms with Gasteiger partial charge in [-0.2, -0.15) is 4.99 Å². The summed E-state index contributed by atoms with van der Waals surface area (Å²) >= 11 is 2.30. The first kappa shape index (κ1) is 16.9. The van der Waals surface area contributed by atoms with Crippen LogP contribution in [0.15, 0.2) is 28.1 Å². The number of amides is 2. The van der Waals surface area contributed by atoms with Gasteiger partial charge in [-0.15, -0.1) is 0 Å². The fourth-order valence-electron chi connectivity index (χ4n) is 1.55. The van der Waals surface area contributed by atoms with Crippen molar-refractivity contribution < 1.29 is 19.8 Å². The molecule has 2 amide bonds. The molecule has 2 heterocycles. The highest BCUT2D eigenvalue weighted by Gasteiger charge is 2.22. The van der Waals surface area contributed by atoms with Crippen molar-refractivity contribution in [2.75, 3.05) is 5.75 Å². The van der Waals surface area contributed by atoms with Crippen LogP contribution in [0.4, 0.5) is 0 Å². The highest BCUT2D eigenvalue weighted by atomic mass is 32.2. The van der Waals surface area contributed by atoms with Crippen molar-refractivity contribution in [3.8, 4) is 11.5 Å². The number of carbonyl (C=O) groups excluding carboxylic acids is 2. The molecule has 0 atom stereocenters. The molecule has 0 saturated carbocycles. The zero-order valence-corrected chi connectivity index (χ0v) is 13.2. The van der Waals surface area contributed by atoms with Crippen LogP contribution in [0.3, 0.4) is 0 Å². The van der Waals surface area contributed by atoms with Crippen molar-refractivity contribution in [1.29, 1.82) is 5.41 Å². The highest BCUT2D eigenvalue weighted by molar-refractivity contribution is 8.18. The summed E-state index contributed by atoms with van der Waals surface area (Å²) in [5.41, 5.74) is 5.70. The topological polar surface area (TPSA) is 149 Å². The summed E-state index contributed by atoms with van der Waals surface area (Å²) in [6.45, 7) is 0. The van der Waals surface area contributed by atoms with Crippen molar-refractivity contribution in [3.63, 3.8) is 0 Å². The lowest BCUT2D eigenvalue weighted by Gasteiger charge is -1.99. The maximum absolute atomic E-state index is 11.3. The number of phenolic OH excluding ortho intramolecular Hbond substituents is 2. The Morgan fingerprint density at radius 1 is 1.30 bits per heavy atom. The Bertz CT molecular complexity index is 745. The lowest BCUT2D eigenvalue weighted by Crippen LogP contribution is -2.18. The first-order chi connectivity index (χ1) is 10.8. The zero-order valence-electron chi connectivity index (χ0n) is 11.6. The average Bonchev–Trinajstić information content (AvgIpc) is 3.00. The summed E-state index contributed by atoms with van der Waals surface area (Å²) < 4.78 is 0. The van der Waals surface area contributed by atoms with Gasteiger partial charge in [-0.25, -0.2) is 0 Å². The van der Waals surface area contributed by atoms with E-state index in [1.54, 1.807) is 12.1 Å². The van der Waals surface area contributed by atoms with Gasteiger partial charge in [-0.1, -0.05) is 17.8 Å². The number of aliphatic imine (C=N–C) groups is 1. The monoisotopic (exact) mass is 352 g/mol. The smallest absolute Gasteiger partial charge is 0.264 e. The third kappa shape index (κ3) is 4.76. The number of nitrogens with two attached hydrogens (primary N) is 1. The Kier molecular flexibility index (Phi) is 5.29. The molecule has 0 aliphatic carbocycles.